The van der Waals surface area contributed by atoms with E-state index in [1.54, 1.807) is 12.1 Å². The predicted molar refractivity (Wildman–Crippen MR) is 102 cm³/mol. The summed E-state index contributed by atoms with van der Waals surface area (Å²) in [5.74, 6) is -0.298. The number of nitrogens with one attached hydrogen (secondary N) is 1. The molecule has 0 spiro atoms. The molecule has 5 nitrogen and oxygen atoms in total. The van der Waals surface area contributed by atoms with Gasteiger partial charge < -0.3 is 9.88 Å². The van der Waals surface area contributed by atoms with E-state index in [1.807, 2.05) is 24.8 Å². The van der Waals surface area contributed by atoms with E-state index >= 15 is 0 Å². The Hall–Kier alpha value is -2.47. The first kappa shape index (κ1) is 19.3. The van der Waals surface area contributed by atoms with Crippen LogP contribution >= 0.6 is 0 Å². The third-order valence-electron chi connectivity index (χ3n) is 5.23. The minimum absolute atomic E-state index is 0.0403. The van der Waals surface area contributed by atoms with Crippen LogP contribution in [0.1, 0.15) is 51.0 Å². The molecule has 1 aliphatic heterocycles. The Balaban J connectivity index is 1.70. The Bertz CT molecular complexity index is 859. The van der Waals surface area contributed by atoms with Gasteiger partial charge >= 0.3 is 0 Å². The standard InChI is InChI=1S/C21H26FN3O2/c1-14-19(15(2)23-20(14)16(3)26)21(27)25-10-6-9-24(11-12-25)13-17-7-4-5-8-18(17)22/h4-5,7-8,23H,6,9-13H2,1-3H3. The van der Waals surface area contributed by atoms with Gasteiger partial charge in [-0.3, -0.25) is 14.5 Å². The molecule has 6 heteroatoms. The summed E-state index contributed by atoms with van der Waals surface area (Å²) in [6, 6.07) is 6.82. The zero-order chi connectivity index (χ0) is 19.6. The summed E-state index contributed by atoms with van der Waals surface area (Å²) in [5.41, 5.74) is 3.24. The summed E-state index contributed by atoms with van der Waals surface area (Å²) in [7, 11) is 0. The molecular formula is C21H26FN3O2. The zero-order valence-corrected chi connectivity index (χ0v) is 16.1. The monoisotopic (exact) mass is 371 g/mol. The second kappa shape index (κ2) is 8.05. The number of carbonyl (C=O) groups excluding carboxylic acids is 2. The van der Waals surface area contributed by atoms with Crippen LogP contribution in [0.3, 0.4) is 0 Å². The van der Waals surface area contributed by atoms with Crippen LogP contribution in [0.15, 0.2) is 24.3 Å². The summed E-state index contributed by atoms with van der Waals surface area (Å²) in [6.07, 6.45) is 0.836. The maximum Gasteiger partial charge on any atom is 0.256 e. The van der Waals surface area contributed by atoms with Gasteiger partial charge in [-0.1, -0.05) is 18.2 Å². The largest absolute Gasteiger partial charge is 0.355 e. The molecule has 1 aliphatic rings. The van der Waals surface area contributed by atoms with Crippen LogP contribution in [0.2, 0.25) is 0 Å². The van der Waals surface area contributed by atoms with Gasteiger partial charge in [0, 0.05) is 50.9 Å². The number of amides is 1. The minimum atomic E-state index is -0.190. The minimum Gasteiger partial charge on any atom is -0.355 e. The van der Waals surface area contributed by atoms with Gasteiger partial charge in [-0.2, -0.15) is 0 Å². The number of aromatic nitrogens is 1. The number of nitrogens with zero attached hydrogens (tertiary/aromatic N) is 2. The molecule has 1 aromatic heterocycles. The van der Waals surface area contributed by atoms with Gasteiger partial charge in [0.05, 0.1) is 11.3 Å². The van der Waals surface area contributed by atoms with E-state index in [-0.39, 0.29) is 17.5 Å². The summed E-state index contributed by atoms with van der Waals surface area (Å²) in [5, 5.41) is 0. The third kappa shape index (κ3) is 4.11. The molecule has 1 fully saturated rings. The molecule has 2 aromatic rings. The highest BCUT2D eigenvalue weighted by molar-refractivity contribution is 6.02. The van der Waals surface area contributed by atoms with Gasteiger partial charge in [-0.15, -0.1) is 0 Å². The summed E-state index contributed by atoms with van der Waals surface area (Å²) in [6.45, 7) is 8.46. The van der Waals surface area contributed by atoms with E-state index in [2.05, 4.69) is 9.88 Å². The Morgan fingerprint density at radius 3 is 2.52 bits per heavy atom. The second-order valence-corrected chi connectivity index (χ2v) is 7.19. The Morgan fingerprint density at radius 2 is 1.85 bits per heavy atom. The number of halogens is 1. The average molecular weight is 371 g/mol. The molecule has 0 atom stereocenters. The van der Waals surface area contributed by atoms with Gasteiger partial charge in [0.2, 0.25) is 0 Å². The number of benzene rings is 1. The van der Waals surface area contributed by atoms with E-state index in [4.69, 9.17) is 0 Å². The molecule has 0 bridgehead atoms. The van der Waals surface area contributed by atoms with Gasteiger partial charge in [-0.05, 0) is 31.9 Å². The normalized spacial score (nSPS) is 15.6. The highest BCUT2D eigenvalue weighted by atomic mass is 19.1. The third-order valence-corrected chi connectivity index (χ3v) is 5.23. The fourth-order valence-corrected chi connectivity index (χ4v) is 3.78. The van der Waals surface area contributed by atoms with Crippen molar-refractivity contribution < 1.29 is 14.0 Å². The van der Waals surface area contributed by atoms with Crippen molar-refractivity contribution in [3.05, 3.63) is 58.2 Å². The number of Topliss-reactive ketones (excluding diaryl/α,β-unsaturated/α-hetero) is 1. The SMILES string of the molecule is CC(=O)c1[nH]c(C)c(C(=O)N2CCCN(Cc3ccccc3F)CC2)c1C. The lowest BCUT2D eigenvalue weighted by atomic mass is 10.1. The van der Waals surface area contributed by atoms with Crippen LogP contribution in [-0.2, 0) is 6.54 Å². The van der Waals surface area contributed by atoms with Crippen LogP contribution in [0.4, 0.5) is 4.39 Å². The zero-order valence-electron chi connectivity index (χ0n) is 16.1. The first-order chi connectivity index (χ1) is 12.9. The fraction of sp³-hybridized carbons (Fsp3) is 0.429. The quantitative estimate of drug-likeness (QED) is 0.839. The molecule has 27 heavy (non-hydrogen) atoms. The van der Waals surface area contributed by atoms with Crippen molar-refractivity contribution in [2.24, 2.45) is 0 Å². The Morgan fingerprint density at radius 1 is 1.11 bits per heavy atom. The number of H-pyrrole nitrogens is 1. The second-order valence-electron chi connectivity index (χ2n) is 7.19. The molecule has 1 saturated heterocycles. The van der Waals surface area contributed by atoms with Gasteiger partial charge in [0.25, 0.3) is 5.91 Å². The molecule has 3 rings (SSSR count). The lowest BCUT2D eigenvalue weighted by molar-refractivity contribution is 0.0759. The molecule has 0 aliphatic carbocycles. The van der Waals surface area contributed by atoms with Crippen molar-refractivity contribution in [3.8, 4) is 0 Å². The number of aromatic amines is 1. The van der Waals surface area contributed by atoms with E-state index < -0.39 is 0 Å². The summed E-state index contributed by atoms with van der Waals surface area (Å²) < 4.78 is 13.9. The van der Waals surface area contributed by atoms with E-state index in [9.17, 15) is 14.0 Å². The number of hydrogen-bond donors (Lipinski definition) is 1. The molecule has 0 radical (unpaired) electrons. The Kier molecular flexibility index (Phi) is 5.75. The molecule has 1 N–H and O–H groups in total. The van der Waals surface area contributed by atoms with Crippen molar-refractivity contribution in [2.45, 2.75) is 33.7 Å². The van der Waals surface area contributed by atoms with E-state index in [1.165, 1.54) is 13.0 Å². The van der Waals surface area contributed by atoms with Crippen molar-refractivity contribution in [3.63, 3.8) is 0 Å². The number of carbonyl (C=O) groups is 2. The highest BCUT2D eigenvalue weighted by Crippen LogP contribution is 2.21. The van der Waals surface area contributed by atoms with Gasteiger partial charge in [0.15, 0.2) is 5.78 Å². The summed E-state index contributed by atoms with van der Waals surface area (Å²) in [4.78, 5) is 31.9. The number of aryl methyl sites for hydroxylation is 1. The molecule has 1 aromatic carbocycles. The first-order valence-electron chi connectivity index (χ1n) is 9.33. The van der Waals surface area contributed by atoms with Crippen LogP contribution in [0.25, 0.3) is 0 Å². The van der Waals surface area contributed by atoms with Crippen LogP contribution in [-0.4, -0.2) is 52.7 Å². The summed E-state index contributed by atoms with van der Waals surface area (Å²) >= 11 is 0. The number of ketones is 1. The Labute approximate surface area is 159 Å². The maximum absolute atomic E-state index is 13.9. The lowest BCUT2D eigenvalue weighted by Crippen LogP contribution is -2.35. The number of hydrogen-bond acceptors (Lipinski definition) is 3. The van der Waals surface area contributed by atoms with Crippen molar-refractivity contribution in [1.29, 1.82) is 0 Å². The predicted octanol–water partition coefficient (Wildman–Crippen LogP) is 3.32. The van der Waals surface area contributed by atoms with Crippen LogP contribution < -0.4 is 0 Å². The molecule has 1 amide bonds. The topological polar surface area (TPSA) is 56.4 Å². The highest BCUT2D eigenvalue weighted by Gasteiger charge is 2.26. The molecule has 2 heterocycles. The van der Waals surface area contributed by atoms with Crippen molar-refractivity contribution >= 4 is 11.7 Å². The van der Waals surface area contributed by atoms with E-state index in [0.29, 0.717) is 43.0 Å². The molecule has 144 valence electrons. The molecule has 0 saturated carbocycles. The smallest absolute Gasteiger partial charge is 0.256 e. The van der Waals surface area contributed by atoms with Crippen molar-refractivity contribution in [1.82, 2.24) is 14.8 Å². The van der Waals surface area contributed by atoms with Crippen molar-refractivity contribution in [2.75, 3.05) is 26.2 Å². The molecular weight excluding hydrogens is 345 g/mol. The van der Waals surface area contributed by atoms with E-state index in [0.717, 1.165) is 24.2 Å². The fourth-order valence-electron chi connectivity index (χ4n) is 3.78. The van der Waals surface area contributed by atoms with Crippen LogP contribution in [0, 0.1) is 19.7 Å². The maximum atomic E-state index is 13.9. The van der Waals surface area contributed by atoms with Gasteiger partial charge in [0.1, 0.15) is 5.82 Å². The van der Waals surface area contributed by atoms with Gasteiger partial charge in [-0.25, -0.2) is 4.39 Å². The molecule has 0 unspecified atom stereocenters. The average Bonchev–Trinajstić information content (AvgIpc) is 2.80. The number of rotatable bonds is 4. The van der Waals surface area contributed by atoms with Crippen LogP contribution in [0.5, 0.6) is 0 Å². The lowest BCUT2D eigenvalue weighted by Gasteiger charge is -2.22. The first-order valence-corrected chi connectivity index (χ1v) is 9.33.